The summed E-state index contributed by atoms with van der Waals surface area (Å²) in [6, 6.07) is 74.3. The van der Waals surface area contributed by atoms with Crippen molar-refractivity contribution in [1.82, 2.24) is 28.7 Å². The first kappa shape index (κ1) is 38.4. The Hall–Kier alpha value is -9.59. The molecule has 16 rings (SSSR count). The normalized spacial score (nSPS) is 13.3. The minimum absolute atomic E-state index is 0.715. The van der Waals surface area contributed by atoms with Crippen molar-refractivity contribution in [1.29, 1.82) is 0 Å². The molecule has 8 aromatic carbocycles. The summed E-state index contributed by atoms with van der Waals surface area (Å²) in [7, 11) is 0. The van der Waals surface area contributed by atoms with Crippen LogP contribution in [0.25, 0.3) is 105 Å². The predicted molar refractivity (Wildman–Crippen MR) is 286 cm³/mol. The Balaban J connectivity index is 0.874. The number of hydrogen-bond donors (Lipinski definition) is 0. The van der Waals surface area contributed by atoms with E-state index in [0.717, 1.165) is 112 Å². The van der Waals surface area contributed by atoms with Gasteiger partial charge in [-0.3, -0.25) is 15.0 Å². The Bertz CT molecular complexity index is 4440. The van der Waals surface area contributed by atoms with Crippen molar-refractivity contribution >= 4 is 65.4 Å². The summed E-state index contributed by atoms with van der Waals surface area (Å²) < 4.78 is 14.3. The van der Waals surface area contributed by atoms with Crippen molar-refractivity contribution in [3.63, 3.8) is 0 Å². The Labute approximate surface area is 406 Å². The molecular formula is C64H38N6O. The zero-order valence-corrected chi connectivity index (χ0v) is 38.0. The lowest BCUT2D eigenvalue weighted by atomic mass is 9.66. The molecule has 7 heteroatoms. The van der Waals surface area contributed by atoms with Crippen molar-refractivity contribution in [3.8, 4) is 51.1 Å². The minimum atomic E-state index is -0.715. The number of para-hydroxylation sites is 5. The van der Waals surface area contributed by atoms with Gasteiger partial charge in [0.1, 0.15) is 11.5 Å². The third-order valence-corrected chi connectivity index (χ3v) is 15.3. The molecule has 0 radical (unpaired) electrons. The average molecular weight is 907 g/mol. The first-order valence-electron chi connectivity index (χ1n) is 24.1. The van der Waals surface area contributed by atoms with E-state index in [9.17, 15) is 0 Å². The van der Waals surface area contributed by atoms with Gasteiger partial charge >= 0.3 is 0 Å². The number of hydrogen-bond acceptors (Lipinski definition) is 4. The van der Waals surface area contributed by atoms with Gasteiger partial charge in [-0.1, -0.05) is 127 Å². The zero-order chi connectivity index (χ0) is 46.4. The van der Waals surface area contributed by atoms with Crippen molar-refractivity contribution < 1.29 is 4.74 Å². The third-order valence-electron chi connectivity index (χ3n) is 15.3. The van der Waals surface area contributed by atoms with Crippen LogP contribution < -0.4 is 4.74 Å². The van der Waals surface area contributed by atoms with Gasteiger partial charge < -0.3 is 18.4 Å². The molecule has 1 aliphatic carbocycles. The van der Waals surface area contributed by atoms with Gasteiger partial charge in [0.05, 0.1) is 73.7 Å². The highest BCUT2D eigenvalue weighted by atomic mass is 16.5. The summed E-state index contributed by atoms with van der Waals surface area (Å²) in [6.45, 7) is 0. The molecule has 14 aromatic rings. The van der Waals surface area contributed by atoms with Crippen LogP contribution in [0.2, 0.25) is 0 Å². The van der Waals surface area contributed by atoms with E-state index in [0.29, 0.717) is 0 Å². The predicted octanol–water partition coefficient (Wildman–Crippen LogP) is 15.3. The fourth-order valence-electron chi connectivity index (χ4n) is 12.4. The van der Waals surface area contributed by atoms with E-state index in [2.05, 4.69) is 208 Å². The van der Waals surface area contributed by atoms with Crippen LogP contribution in [0.1, 0.15) is 22.3 Å². The summed E-state index contributed by atoms with van der Waals surface area (Å²) in [5, 5.41) is 7.21. The number of rotatable bonds is 4. The van der Waals surface area contributed by atoms with Crippen molar-refractivity contribution in [2.24, 2.45) is 0 Å². The fraction of sp³-hybridized carbons (Fsp3) is 0.0156. The zero-order valence-electron chi connectivity index (χ0n) is 38.0. The third kappa shape index (κ3) is 5.13. The van der Waals surface area contributed by atoms with Gasteiger partial charge in [-0.05, 0) is 95.1 Å². The Morgan fingerprint density at radius 2 is 0.746 bits per heavy atom. The minimum Gasteiger partial charge on any atom is -0.457 e. The number of nitrogens with zero attached hydrogens (tertiary/aromatic N) is 6. The molecule has 1 spiro atoms. The maximum atomic E-state index is 7.27. The molecule has 0 atom stereocenters. The average Bonchev–Trinajstić information content (AvgIpc) is 4.15. The molecule has 7 heterocycles. The first-order valence-corrected chi connectivity index (χ1v) is 24.1. The van der Waals surface area contributed by atoms with Gasteiger partial charge in [0.2, 0.25) is 0 Å². The van der Waals surface area contributed by atoms with Gasteiger partial charge in [0.25, 0.3) is 0 Å². The monoisotopic (exact) mass is 906 g/mol. The Kier molecular flexibility index (Phi) is 7.69. The molecule has 2 aliphatic rings. The van der Waals surface area contributed by atoms with Crippen molar-refractivity contribution in [2.45, 2.75) is 5.41 Å². The van der Waals surface area contributed by atoms with Crippen LogP contribution in [0.5, 0.6) is 11.5 Å². The molecule has 7 nitrogen and oxygen atoms in total. The van der Waals surface area contributed by atoms with Gasteiger partial charge in [0, 0.05) is 67.6 Å². The summed E-state index contributed by atoms with van der Waals surface area (Å²) in [4.78, 5) is 14.9. The van der Waals surface area contributed by atoms with Gasteiger partial charge in [0.15, 0.2) is 0 Å². The molecule has 0 saturated heterocycles. The molecule has 330 valence electrons. The maximum Gasteiger partial charge on any atom is 0.134 e. The smallest absolute Gasteiger partial charge is 0.134 e. The lowest BCUT2D eigenvalue weighted by Crippen LogP contribution is -2.32. The highest BCUT2D eigenvalue weighted by Crippen LogP contribution is 2.62. The van der Waals surface area contributed by atoms with Gasteiger partial charge in [-0.2, -0.15) is 0 Å². The van der Waals surface area contributed by atoms with Crippen LogP contribution in [0.4, 0.5) is 0 Å². The summed E-state index contributed by atoms with van der Waals surface area (Å²) in [6.07, 6.45) is 7.69. The van der Waals surface area contributed by atoms with Crippen LogP contribution in [0.3, 0.4) is 0 Å². The largest absolute Gasteiger partial charge is 0.457 e. The summed E-state index contributed by atoms with van der Waals surface area (Å²) >= 11 is 0. The van der Waals surface area contributed by atoms with Gasteiger partial charge in [-0.15, -0.1) is 0 Å². The van der Waals surface area contributed by atoms with E-state index in [-0.39, 0.29) is 0 Å². The van der Waals surface area contributed by atoms with E-state index in [1.165, 1.54) is 26.9 Å². The highest BCUT2D eigenvalue weighted by molar-refractivity contribution is 6.12. The molecule has 0 saturated carbocycles. The van der Waals surface area contributed by atoms with Crippen molar-refractivity contribution in [2.75, 3.05) is 0 Å². The van der Waals surface area contributed by atoms with E-state index in [1.54, 1.807) is 0 Å². The van der Waals surface area contributed by atoms with Crippen LogP contribution in [-0.2, 0) is 5.41 Å². The molecule has 0 bridgehead atoms. The molecule has 0 amide bonds. The fourth-order valence-corrected chi connectivity index (χ4v) is 12.4. The highest BCUT2D eigenvalue weighted by Gasteiger charge is 2.52. The second kappa shape index (κ2) is 14.2. The summed E-state index contributed by atoms with van der Waals surface area (Å²) in [5.74, 6) is 1.60. The van der Waals surface area contributed by atoms with Gasteiger partial charge in [-0.25, -0.2) is 0 Å². The van der Waals surface area contributed by atoms with Crippen LogP contribution >= 0.6 is 0 Å². The quantitative estimate of drug-likeness (QED) is 0.176. The number of ether oxygens (including phenoxy) is 1. The lowest BCUT2D eigenvalue weighted by molar-refractivity contribution is 0.436. The molecule has 0 unspecified atom stereocenters. The molecule has 0 N–H and O–H groups in total. The Morgan fingerprint density at radius 1 is 0.324 bits per heavy atom. The van der Waals surface area contributed by atoms with Crippen LogP contribution in [-0.4, -0.2) is 28.7 Å². The molecule has 0 fully saturated rings. The number of fused-ring (bicyclic) bond motifs is 18. The van der Waals surface area contributed by atoms with Crippen molar-refractivity contribution in [3.05, 3.63) is 253 Å². The van der Waals surface area contributed by atoms with E-state index in [1.807, 2.05) is 36.9 Å². The number of pyridine rings is 3. The molecular weight excluding hydrogens is 869 g/mol. The first-order chi connectivity index (χ1) is 35.2. The summed E-state index contributed by atoms with van der Waals surface area (Å²) in [5.41, 5.74) is 17.4. The van der Waals surface area contributed by atoms with E-state index < -0.39 is 5.41 Å². The standard InChI is InChI=1S/C64H38N6O/c1-6-20-54-44(13-1)45-14-2-7-21-55(45)68(54)41-27-29-51-61(36-41)71-60-34-40(25-28-50(60)64(51)52-18-11-31-66-62(52)63-53(64)19-12-32-67-63)39-26-30-59-49(33-39)48-17-5-10-24-58(48)70(59)43-35-42(37-65-38-43)69-56-22-8-3-15-46(56)47-16-4-9-23-57(47)69/h1-38H. The topological polar surface area (TPSA) is 62.7 Å². The molecule has 71 heavy (non-hydrogen) atoms. The Morgan fingerprint density at radius 3 is 1.28 bits per heavy atom. The SMILES string of the molecule is c1cnc2c(c1)C1(c3ccc(-c4ccc5c(c4)c4ccccc4n5-c4cncc(-n5c6ccccc6c6ccccc65)c4)cc3Oc3cc(-n4c5ccccc5c5ccccc54)ccc31)c1cccnc1-2. The lowest BCUT2D eigenvalue weighted by Gasteiger charge is -2.39. The van der Waals surface area contributed by atoms with E-state index >= 15 is 0 Å². The number of benzene rings is 8. The second-order valence-corrected chi connectivity index (χ2v) is 18.8. The van der Waals surface area contributed by atoms with Crippen LogP contribution in [0.15, 0.2) is 231 Å². The maximum absolute atomic E-state index is 7.27. The van der Waals surface area contributed by atoms with E-state index in [4.69, 9.17) is 19.7 Å². The second-order valence-electron chi connectivity index (χ2n) is 18.8. The molecule has 6 aromatic heterocycles. The number of aromatic nitrogens is 6. The molecule has 1 aliphatic heterocycles. The van der Waals surface area contributed by atoms with Crippen LogP contribution in [0, 0.1) is 0 Å².